The third-order valence-electron chi connectivity index (χ3n) is 5.68. The number of benzene rings is 1. The Morgan fingerprint density at radius 3 is 2.52 bits per heavy atom. The third kappa shape index (κ3) is 6.39. The molecule has 1 aliphatic heterocycles. The van der Waals surface area contributed by atoms with Gasteiger partial charge in [0.25, 0.3) is 0 Å². The molecule has 2 aromatic rings. The van der Waals surface area contributed by atoms with Gasteiger partial charge in [0.05, 0.1) is 22.2 Å². The van der Waals surface area contributed by atoms with Crippen molar-refractivity contribution in [3.63, 3.8) is 0 Å². The molecule has 1 aromatic heterocycles. The summed E-state index contributed by atoms with van der Waals surface area (Å²) in [6.45, 7) is 7.66. The van der Waals surface area contributed by atoms with E-state index in [1.54, 1.807) is 11.3 Å². The van der Waals surface area contributed by atoms with Crippen molar-refractivity contribution in [2.24, 2.45) is 5.92 Å². The third-order valence-corrected chi connectivity index (χ3v) is 6.65. The molecule has 0 saturated carbocycles. The summed E-state index contributed by atoms with van der Waals surface area (Å²) in [7, 11) is 0. The van der Waals surface area contributed by atoms with E-state index in [0.717, 1.165) is 21.7 Å². The van der Waals surface area contributed by atoms with Crippen LogP contribution in [0.15, 0.2) is 29.8 Å². The number of carbonyl (C=O) groups excluding carboxylic acids is 3. The van der Waals surface area contributed by atoms with Gasteiger partial charge in [0, 0.05) is 26.4 Å². The van der Waals surface area contributed by atoms with E-state index in [9.17, 15) is 19.5 Å². The van der Waals surface area contributed by atoms with Crippen LogP contribution in [-0.2, 0) is 20.9 Å². The molecule has 3 amide bonds. The molecule has 1 aromatic carbocycles. The molecule has 33 heavy (non-hydrogen) atoms. The minimum absolute atomic E-state index is 0.0774. The van der Waals surface area contributed by atoms with E-state index < -0.39 is 18.2 Å². The van der Waals surface area contributed by atoms with E-state index in [-0.39, 0.29) is 36.6 Å². The van der Waals surface area contributed by atoms with Crippen molar-refractivity contribution < 1.29 is 19.5 Å². The zero-order valence-electron chi connectivity index (χ0n) is 19.5. The van der Waals surface area contributed by atoms with Crippen LogP contribution in [0, 0.1) is 12.8 Å². The number of aryl methyl sites for hydroxylation is 1. The van der Waals surface area contributed by atoms with Gasteiger partial charge < -0.3 is 20.6 Å². The number of β-amino-alcohol motifs (C(OH)–C–C–N with tert-alkyl or cyclic N) is 1. The SMILES string of the molecule is CC(=O)NC(CC(C)C)C(=O)N1C[C@H](O)C[C@H]1C(=O)NCc1ccc(-c2scnc2C)cc1. The van der Waals surface area contributed by atoms with Gasteiger partial charge in [-0.2, -0.15) is 0 Å². The van der Waals surface area contributed by atoms with Crippen molar-refractivity contribution in [3.8, 4) is 10.4 Å². The van der Waals surface area contributed by atoms with Gasteiger partial charge >= 0.3 is 0 Å². The van der Waals surface area contributed by atoms with Crippen LogP contribution >= 0.6 is 11.3 Å². The van der Waals surface area contributed by atoms with E-state index in [0.29, 0.717) is 13.0 Å². The maximum Gasteiger partial charge on any atom is 0.245 e. The molecule has 1 aliphatic rings. The molecule has 178 valence electrons. The summed E-state index contributed by atoms with van der Waals surface area (Å²) in [4.78, 5) is 44.5. The number of hydrogen-bond donors (Lipinski definition) is 3. The zero-order chi connectivity index (χ0) is 24.1. The smallest absolute Gasteiger partial charge is 0.245 e. The number of carbonyl (C=O) groups is 3. The number of aliphatic hydroxyl groups is 1. The molecule has 3 rings (SSSR count). The number of amides is 3. The number of nitrogens with one attached hydrogen (secondary N) is 2. The standard InChI is InChI=1S/C24H32N4O4S/c1-14(2)9-20(27-16(4)29)24(32)28-12-19(30)10-21(28)23(31)25-11-17-5-7-18(8-6-17)22-15(3)26-13-33-22/h5-8,13-14,19-21,30H,9-12H2,1-4H3,(H,25,31)(H,27,29)/t19-,20?,21+/m1/s1. The maximum absolute atomic E-state index is 13.1. The van der Waals surface area contributed by atoms with Gasteiger partial charge in [-0.25, -0.2) is 4.98 Å². The summed E-state index contributed by atoms with van der Waals surface area (Å²) in [5.74, 6) is -0.762. The Morgan fingerprint density at radius 2 is 1.94 bits per heavy atom. The molecule has 0 bridgehead atoms. The number of nitrogens with zero attached hydrogens (tertiary/aromatic N) is 2. The van der Waals surface area contributed by atoms with Gasteiger partial charge in [0.2, 0.25) is 17.7 Å². The summed E-state index contributed by atoms with van der Waals surface area (Å²) < 4.78 is 0. The van der Waals surface area contributed by atoms with Crippen LogP contribution in [0.4, 0.5) is 0 Å². The second-order valence-electron chi connectivity index (χ2n) is 8.96. The van der Waals surface area contributed by atoms with Gasteiger partial charge in [-0.3, -0.25) is 14.4 Å². The zero-order valence-corrected chi connectivity index (χ0v) is 20.3. The van der Waals surface area contributed by atoms with Crippen molar-refractivity contribution in [3.05, 3.63) is 41.0 Å². The molecule has 8 nitrogen and oxygen atoms in total. The van der Waals surface area contributed by atoms with Crippen LogP contribution in [0.5, 0.6) is 0 Å². The molecule has 0 aliphatic carbocycles. The summed E-state index contributed by atoms with van der Waals surface area (Å²) in [6, 6.07) is 6.43. The highest BCUT2D eigenvalue weighted by Gasteiger charge is 2.41. The molecular formula is C24H32N4O4S. The minimum atomic E-state index is -0.774. The number of likely N-dealkylation sites (tertiary alicyclic amines) is 1. The fourth-order valence-corrected chi connectivity index (χ4v) is 4.92. The lowest BCUT2D eigenvalue weighted by Gasteiger charge is -2.29. The molecule has 9 heteroatoms. The number of hydrogen-bond acceptors (Lipinski definition) is 6. The summed E-state index contributed by atoms with van der Waals surface area (Å²) in [6.07, 6.45) is -0.135. The first-order valence-electron chi connectivity index (χ1n) is 11.2. The maximum atomic E-state index is 13.1. The first-order valence-corrected chi connectivity index (χ1v) is 12.1. The van der Waals surface area contributed by atoms with Crippen LogP contribution in [-0.4, -0.2) is 57.4 Å². The number of thiazole rings is 1. The van der Waals surface area contributed by atoms with Crippen molar-refractivity contribution in [1.82, 2.24) is 20.5 Å². The Kier molecular flexibility index (Phi) is 8.20. The first-order chi connectivity index (χ1) is 15.7. The topological polar surface area (TPSA) is 112 Å². The lowest BCUT2D eigenvalue weighted by atomic mass is 10.0. The van der Waals surface area contributed by atoms with Gasteiger partial charge in [-0.1, -0.05) is 38.1 Å². The van der Waals surface area contributed by atoms with Crippen LogP contribution in [0.3, 0.4) is 0 Å². The Labute approximate surface area is 198 Å². The van der Waals surface area contributed by atoms with Gasteiger partial charge in [-0.15, -0.1) is 11.3 Å². The Balaban J connectivity index is 1.64. The number of aromatic nitrogens is 1. The van der Waals surface area contributed by atoms with Gasteiger partial charge in [0.15, 0.2) is 0 Å². The fraction of sp³-hybridized carbons (Fsp3) is 0.500. The molecular weight excluding hydrogens is 440 g/mol. The molecule has 1 unspecified atom stereocenters. The Morgan fingerprint density at radius 1 is 1.24 bits per heavy atom. The normalized spacial score (nSPS) is 18.9. The Bertz CT molecular complexity index is 989. The molecule has 3 N–H and O–H groups in total. The first kappa shape index (κ1) is 24.9. The fourth-order valence-electron chi connectivity index (χ4n) is 4.10. The highest BCUT2D eigenvalue weighted by Crippen LogP contribution is 2.27. The van der Waals surface area contributed by atoms with E-state index in [1.165, 1.54) is 11.8 Å². The van der Waals surface area contributed by atoms with Crippen LogP contribution in [0.1, 0.15) is 44.9 Å². The van der Waals surface area contributed by atoms with E-state index >= 15 is 0 Å². The second kappa shape index (κ2) is 10.9. The molecule has 1 fully saturated rings. The monoisotopic (exact) mass is 472 g/mol. The summed E-state index contributed by atoms with van der Waals surface area (Å²) >= 11 is 1.59. The number of rotatable bonds is 8. The largest absolute Gasteiger partial charge is 0.391 e. The van der Waals surface area contributed by atoms with Crippen molar-refractivity contribution in [1.29, 1.82) is 0 Å². The number of aliphatic hydroxyl groups excluding tert-OH is 1. The predicted molar refractivity (Wildman–Crippen MR) is 127 cm³/mol. The molecule has 2 heterocycles. The molecule has 0 spiro atoms. The lowest BCUT2D eigenvalue weighted by molar-refractivity contribution is -0.141. The average molecular weight is 473 g/mol. The average Bonchev–Trinajstić information content (AvgIpc) is 3.36. The quantitative estimate of drug-likeness (QED) is 0.546. The summed E-state index contributed by atoms with van der Waals surface area (Å²) in [5.41, 5.74) is 4.82. The second-order valence-corrected chi connectivity index (χ2v) is 9.81. The molecule has 0 radical (unpaired) electrons. The van der Waals surface area contributed by atoms with Crippen molar-refractivity contribution >= 4 is 29.1 Å². The van der Waals surface area contributed by atoms with Crippen molar-refractivity contribution in [2.45, 2.75) is 65.3 Å². The van der Waals surface area contributed by atoms with Crippen molar-refractivity contribution in [2.75, 3.05) is 6.54 Å². The minimum Gasteiger partial charge on any atom is -0.391 e. The van der Waals surface area contributed by atoms with E-state index in [2.05, 4.69) is 15.6 Å². The van der Waals surface area contributed by atoms with Gasteiger partial charge in [-0.05, 0) is 30.4 Å². The molecule has 3 atom stereocenters. The summed E-state index contributed by atoms with van der Waals surface area (Å²) in [5, 5.41) is 15.8. The highest BCUT2D eigenvalue weighted by atomic mass is 32.1. The predicted octanol–water partition coefficient (Wildman–Crippen LogP) is 2.25. The van der Waals surface area contributed by atoms with Crippen LogP contribution in [0.25, 0.3) is 10.4 Å². The van der Waals surface area contributed by atoms with E-state index in [4.69, 9.17) is 0 Å². The van der Waals surface area contributed by atoms with Crippen LogP contribution in [0.2, 0.25) is 0 Å². The highest BCUT2D eigenvalue weighted by molar-refractivity contribution is 7.13. The van der Waals surface area contributed by atoms with Gasteiger partial charge in [0.1, 0.15) is 12.1 Å². The molecule has 1 saturated heterocycles. The van der Waals surface area contributed by atoms with E-state index in [1.807, 2.05) is 50.5 Å². The lowest BCUT2D eigenvalue weighted by Crippen LogP contribution is -2.53. The van der Waals surface area contributed by atoms with Crippen LogP contribution < -0.4 is 10.6 Å². The Hall–Kier alpha value is -2.78.